The van der Waals surface area contributed by atoms with Crippen molar-refractivity contribution in [2.45, 2.75) is 90.4 Å². The van der Waals surface area contributed by atoms with E-state index in [2.05, 4.69) is 43.2 Å². The van der Waals surface area contributed by atoms with E-state index >= 15 is 0 Å². The monoisotopic (exact) mass is 309 g/mol. The van der Waals surface area contributed by atoms with Gasteiger partial charge in [0.15, 0.2) is 0 Å². The topological polar surface area (TPSA) is 44.4 Å². The van der Waals surface area contributed by atoms with Gasteiger partial charge in [-0.3, -0.25) is 4.79 Å². The highest BCUT2D eigenvalue weighted by molar-refractivity contribution is 5.79. The molecule has 1 aliphatic carbocycles. The summed E-state index contributed by atoms with van der Waals surface area (Å²) >= 11 is 0. The summed E-state index contributed by atoms with van der Waals surface area (Å²) in [5, 5.41) is 6.94. The zero-order chi connectivity index (χ0) is 16.1. The van der Waals surface area contributed by atoms with Gasteiger partial charge in [0.25, 0.3) is 0 Å². The lowest BCUT2D eigenvalue weighted by atomic mass is 9.89. The predicted octanol–water partition coefficient (Wildman–Crippen LogP) is 2.53. The van der Waals surface area contributed by atoms with Gasteiger partial charge in [0.1, 0.15) is 0 Å². The second-order valence-corrected chi connectivity index (χ2v) is 7.78. The lowest BCUT2D eigenvalue weighted by Gasteiger charge is -2.35. The smallest absolute Gasteiger partial charge is 0.223 e. The summed E-state index contributed by atoms with van der Waals surface area (Å²) in [4.78, 5) is 14.9. The molecule has 4 nitrogen and oxygen atoms in total. The number of amides is 1. The molecule has 0 aromatic carbocycles. The Morgan fingerprint density at radius 2 is 1.45 bits per heavy atom. The molecule has 0 atom stereocenters. The highest BCUT2D eigenvalue weighted by Gasteiger charge is 2.28. The van der Waals surface area contributed by atoms with Crippen molar-refractivity contribution in [2.75, 3.05) is 13.1 Å². The number of carbonyl (C=O) groups excluding carboxylic acids is 1. The fourth-order valence-electron chi connectivity index (χ4n) is 3.87. The maximum absolute atomic E-state index is 12.5. The average molecular weight is 309 g/mol. The summed E-state index contributed by atoms with van der Waals surface area (Å²) in [6.07, 6.45) is 6.67. The van der Waals surface area contributed by atoms with Crippen LogP contribution in [0.2, 0.25) is 0 Å². The van der Waals surface area contributed by atoms with Gasteiger partial charge in [0.05, 0.1) is 0 Å². The van der Waals surface area contributed by atoms with Gasteiger partial charge in [-0.15, -0.1) is 0 Å². The van der Waals surface area contributed by atoms with E-state index in [-0.39, 0.29) is 5.92 Å². The van der Waals surface area contributed by atoms with E-state index < -0.39 is 0 Å². The van der Waals surface area contributed by atoms with Crippen molar-refractivity contribution in [3.05, 3.63) is 0 Å². The first-order valence-electron chi connectivity index (χ1n) is 9.26. The van der Waals surface area contributed by atoms with Crippen LogP contribution >= 0.6 is 0 Å². The van der Waals surface area contributed by atoms with Gasteiger partial charge in [-0.25, -0.2) is 0 Å². The largest absolute Gasteiger partial charge is 0.353 e. The molecule has 2 rings (SSSR count). The minimum atomic E-state index is 0.238. The Hall–Kier alpha value is -0.610. The third kappa shape index (κ3) is 5.24. The molecule has 22 heavy (non-hydrogen) atoms. The molecule has 0 aromatic rings. The van der Waals surface area contributed by atoms with E-state index in [1.54, 1.807) is 0 Å². The minimum Gasteiger partial charge on any atom is -0.353 e. The fourth-order valence-corrected chi connectivity index (χ4v) is 3.87. The molecule has 2 fully saturated rings. The van der Waals surface area contributed by atoms with Crippen LogP contribution < -0.4 is 10.6 Å². The van der Waals surface area contributed by atoms with Gasteiger partial charge in [-0.05, 0) is 65.5 Å². The summed E-state index contributed by atoms with van der Waals surface area (Å²) in [7, 11) is 0. The normalized spacial score (nSPS) is 28.3. The SMILES string of the molecule is CC(C)NC1CCC(NC(=O)C2CCN(C(C)C)CC2)CC1. The molecule has 1 heterocycles. The number of hydrogen-bond donors (Lipinski definition) is 2. The Labute approximate surface area is 136 Å². The van der Waals surface area contributed by atoms with E-state index in [4.69, 9.17) is 0 Å². The van der Waals surface area contributed by atoms with Crippen molar-refractivity contribution in [2.24, 2.45) is 5.92 Å². The lowest BCUT2D eigenvalue weighted by Crippen LogP contribution is -2.47. The first-order valence-corrected chi connectivity index (χ1v) is 9.26. The molecule has 2 N–H and O–H groups in total. The quantitative estimate of drug-likeness (QED) is 0.820. The molecule has 0 aromatic heterocycles. The highest BCUT2D eigenvalue weighted by Crippen LogP contribution is 2.22. The van der Waals surface area contributed by atoms with Gasteiger partial charge < -0.3 is 15.5 Å². The van der Waals surface area contributed by atoms with E-state index in [0.717, 1.165) is 38.8 Å². The zero-order valence-corrected chi connectivity index (χ0v) is 14.9. The minimum absolute atomic E-state index is 0.238. The summed E-state index contributed by atoms with van der Waals surface area (Å²) in [5.41, 5.74) is 0. The summed E-state index contributed by atoms with van der Waals surface area (Å²) < 4.78 is 0. The summed E-state index contributed by atoms with van der Waals surface area (Å²) in [6, 6.07) is 2.21. The number of piperidine rings is 1. The van der Waals surface area contributed by atoms with Crippen LogP contribution in [0.1, 0.15) is 66.2 Å². The average Bonchev–Trinajstić information content (AvgIpc) is 2.49. The molecule has 1 saturated heterocycles. The molecule has 0 radical (unpaired) electrons. The van der Waals surface area contributed by atoms with Crippen LogP contribution in [-0.2, 0) is 4.79 Å². The van der Waals surface area contributed by atoms with Gasteiger partial charge in [-0.1, -0.05) is 13.8 Å². The molecule has 0 bridgehead atoms. The number of nitrogens with zero attached hydrogens (tertiary/aromatic N) is 1. The van der Waals surface area contributed by atoms with Crippen LogP contribution in [0.25, 0.3) is 0 Å². The van der Waals surface area contributed by atoms with E-state index in [1.165, 1.54) is 12.8 Å². The maximum atomic E-state index is 12.5. The van der Waals surface area contributed by atoms with Crippen LogP contribution in [0.15, 0.2) is 0 Å². The molecular weight excluding hydrogens is 274 g/mol. The van der Waals surface area contributed by atoms with Crippen molar-refractivity contribution in [3.8, 4) is 0 Å². The molecule has 0 unspecified atom stereocenters. The van der Waals surface area contributed by atoms with Crippen LogP contribution in [0.3, 0.4) is 0 Å². The highest BCUT2D eigenvalue weighted by atomic mass is 16.1. The van der Waals surface area contributed by atoms with E-state index in [0.29, 0.717) is 30.1 Å². The molecular formula is C18H35N3O. The first-order chi connectivity index (χ1) is 10.5. The maximum Gasteiger partial charge on any atom is 0.223 e. The standard InChI is InChI=1S/C18H35N3O/c1-13(2)19-16-5-7-17(8-6-16)20-18(22)15-9-11-21(12-10-15)14(3)4/h13-17,19H,5-12H2,1-4H3,(H,20,22). The van der Waals surface area contributed by atoms with Crippen molar-refractivity contribution in [1.29, 1.82) is 0 Å². The molecule has 0 spiro atoms. The van der Waals surface area contributed by atoms with Crippen molar-refractivity contribution in [3.63, 3.8) is 0 Å². The van der Waals surface area contributed by atoms with Crippen molar-refractivity contribution in [1.82, 2.24) is 15.5 Å². The third-order valence-electron chi connectivity index (χ3n) is 5.27. The third-order valence-corrected chi connectivity index (χ3v) is 5.27. The number of likely N-dealkylation sites (tertiary alicyclic amines) is 1. The van der Waals surface area contributed by atoms with Crippen LogP contribution in [0.5, 0.6) is 0 Å². The predicted molar refractivity (Wildman–Crippen MR) is 91.9 cm³/mol. The van der Waals surface area contributed by atoms with Crippen LogP contribution in [0.4, 0.5) is 0 Å². The van der Waals surface area contributed by atoms with Gasteiger partial charge in [0.2, 0.25) is 5.91 Å². The molecule has 1 aliphatic heterocycles. The lowest BCUT2D eigenvalue weighted by molar-refractivity contribution is -0.127. The summed E-state index contributed by atoms with van der Waals surface area (Å²) in [6.45, 7) is 11.0. The molecule has 2 aliphatic rings. The fraction of sp³-hybridized carbons (Fsp3) is 0.944. The Balaban J connectivity index is 1.68. The number of carbonyl (C=O) groups is 1. The van der Waals surface area contributed by atoms with Crippen molar-refractivity contribution >= 4 is 5.91 Å². The van der Waals surface area contributed by atoms with Gasteiger partial charge in [-0.2, -0.15) is 0 Å². The second-order valence-electron chi connectivity index (χ2n) is 7.78. The molecule has 4 heteroatoms. The molecule has 1 amide bonds. The Kier molecular flexibility index (Phi) is 6.69. The molecule has 1 saturated carbocycles. The molecule has 128 valence electrons. The van der Waals surface area contributed by atoms with Crippen molar-refractivity contribution < 1.29 is 4.79 Å². The van der Waals surface area contributed by atoms with Crippen LogP contribution in [0, 0.1) is 5.92 Å². The Morgan fingerprint density at radius 1 is 0.909 bits per heavy atom. The Morgan fingerprint density at radius 3 is 1.95 bits per heavy atom. The van der Waals surface area contributed by atoms with Gasteiger partial charge >= 0.3 is 0 Å². The Bertz CT molecular complexity index is 340. The van der Waals surface area contributed by atoms with E-state index in [9.17, 15) is 4.79 Å². The van der Waals surface area contributed by atoms with Gasteiger partial charge in [0, 0.05) is 30.1 Å². The second kappa shape index (κ2) is 8.30. The number of rotatable bonds is 5. The number of nitrogens with one attached hydrogen (secondary N) is 2. The van der Waals surface area contributed by atoms with E-state index in [1.807, 2.05) is 0 Å². The zero-order valence-electron chi connectivity index (χ0n) is 14.9. The van der Waals surface area contributed by atoms with Crippen LogP contribution in [-0.4, -0.2) is 48.1 Å². The number of hydrogen-bond acceptors (Lipinski definition) is 3. The summed E-state index contributed by atoms with van der Waals surface area (Å²) in [5.74, 6) is 0.546. The first kappa shape index (κ1) is 17.7.